The smallest absolute Gasteiger partial charge is 0.243 e. The molecule has 0 unspecified atom stereocenters. The number of nitrogens with zero attached hydrogens (tertiary/aromatic N) is 1. The lowest BCUT2D eigenvalue weighted by Gasteiger charge is -2.20. The number of rotatable bonds is 7. The quantitative estimate of drug-likeness (QED) is 0.677. The van der Waals surface area contributed by atoms with Crippen molar-refractivity contribution < 1.29 is 18.3 Å². The van der Waals surface area contributed by atoms with E-state index >= 15 is 0 Å². The standard InChI is InChI=1S/C11H18N2O4S/c1-17-9-7-13(6-8-14)18(15,16)11-4-2-10(12)3-5-11/h2-5,14H,6-9,12H2,1H3. The van der Waals surface area contributed by atoms with Gasteiger partial charge in [0.05, 0.1) is 18.1 Å². The van der Waals surface area contributed by atoms with Gasteiger partial charge in [-0.25, -0.2) is 8.42 Å². The van der Waals surface area contributed by atoms with Gasteiger partial charge in [-0.3, -0.25) is 0 Å². The van der Waals surface area contributed by atoms with Gasteiger partial charge in [0.25, 0.3) is 0 Å². The van der Waals surface area contributed by atoms with E-state index in [4.69, 9.17) is 15.6 Å². The summed E-state index contributed by atoms with van der Waals surface area (Å²) in [6.07, 6.45) is 0. The minimum absolute atomic E-state index is 0.0378. The largest absolute Gasteiger partial charge is 0.399 e. The summed E-state index contributed by atoms with van der Waals surface area (Å²) in [7, 11) is -2.12. The third-order valence-corrected chi connectivity index (χ3v) is 4.32. The maximum Gasteiger partial charge on any atom is 0.243 e. The van der Waals surface area contributed by atoms with E-state index in [1.165, 1.54) is 35.7 Å². The Morgan fingerprint density at radius 1 is 1.28 bits per heavy atom. The molecule has 0 aliphatic heterocycles. The Kier molecular flexibility index (Phi) is 5.54. The fourth-order valence-corrected chi connectivity index (χ4v) is 2.86. The van der Waals surface area contributed by atoms with Gasteiger partial charge in [0, 0.05) is 25.9 Å². The predicted octanol–water partition coefficient (Wildman–Crippen LogP) is -0.102. The summed E-state index contributed by atoms with van der Waals surface area (Å²) < 4.78 is 30.6. The molecule has 6 nitrogen and oxygen atoms in total. The molecule has 1 rings (SSSR count). The molecule has 3 N–H and O–H groups in total. The minimum atomic E-state index is -3.61. The Morgan fingerprint density at radius 3 is 2.39 bits per heavy atom. The molecule has 0 aliphatic carbocycles. The zero-order valence-corrected chi connectivity index (χ0v) is 11.1. The molecule has 0 spiro atoms. The molecule has 102 valence electrons. The summed E-state index contributed by atoms with van der Waals surface area (Å²) in [6, 6.07) is 5.95. The van der Waals surface area contributed by atoms with E-state index in [9.17, 15) is 8.42 Å². The number of ether oxygens (including phenoxy) is 1. The highest BCUT2D eigenvalue weighted by atomic mass is 32.2. The van der Waals surface area contributed by atoms with Gasteiger partial charge in [0.15, 0.2) is 0 Å². The van der Waals surface area contributed by atoms with Gasteiger partial charge >= 0.3 is 0 Å². The molecule has 0 saturated carbocycles. The van der Waals surface area contributed by atoms with E-state index in [1.807, 2.05) is 0 Å². The van der Waals surface area contributed by atoms with Crippen LogP contribution in [0.5, 0.6) is 0 Å². The van der Waals surface area contributed by atoms with Crippen LogP contribution in [0.25, 0.3) is 0 Å². The van der Waals surface area contributed by atoms with E-state index in [2.05, 4.69) is 0 Å². The lowest BCUT2D eigenvalue weighted by Crippen LogP contribution is -2.36. The summed E-state index contributed by atoms with van der Waals surface area (Å²) in [5.74, 6) is 0. The molecule has 0 radical (unpaired) electrons. The average Bonchev–Trinajstić information content (AvgIpc) is 2.35. The first kappa shape index (κ1) is 14.9. The number of sulfonamides is 1. The van der Waals surface area contributed by atoms with Gasteiger partial charge in [-0.05, 0) is 24.3 Å². The van der Waals surface area contributed by atoms with Crippen molar-refractivity contribution >= 4 is 15.7 Å². The van der Waals surface area contributed by atoms with Gasteiger partial charge in [-0.1, -0.05) is 0 Å². The summed E-state index contributed by atoms with van der Waals surface area (Å²) in [5.41, 5.74) is 6.02. The Morgan fingerprint density at radius 2 is 1.89 bits per heavy atom. The van der Waals surface area contributed by atoms with Crippen molar-refractivity contribution in [3.8, 4) is 0 Å². The van der Waals surface area contributed by atoms with E-state index in [1.54, 1.807) is 0 Å². The average molecular weight is 274 g/mol. The molecule has 0 aliphatic rings. The zero-order valence-electron chi connectivity index (χ0n) is 10.2. The van der Waals surface area contributed by atoms with Gasteiger partial charge in [0.1, 0.15) is 0 Å². The molecule has 1 aromatic carbocycles. The van der Waals surface area contributed by atoms with Crippen LogP contribution >= 0.6 is 0 Å². The van der Waals surface area contributed by atoms with Gasteiger partial charge in [-0.15, -0.1) is 0 Å². The van der Waals surface area contributed by atoms with Crippen molar-refractivity contribution in [3.05, 3.63) is 24.3 Å². The highest BCUT2D eigenvalue weighted by Crippen LogP contribution is 2.16. The summed E-state index contributed by atoms with van der Waals surface area (Å²) in [4.78, 5) is 0.154. The van der Waals surface area contributed by atoms with Crippen molar-refractivity contribution in [1.82, 2.24) is 4.31 Å². The number of hydrogen-bond acceptors (Lipinski definition) is 5. The zero-order chi connectivity index (χ0) is 13.6. The molecule has 0 saturated heterocycles. The van der Waals surface area contributed by atoms with Crippen molar-refractivity contribution in [1.29, 1.82) is 0 Å². The van der Waals surface area contributed by atoms with Crippen molar-refractivity contribution in [2.75, 3.05) is 39.1 Å². The molecule has 7 heteroatoms. The van der Waals surface area contributed by atoms with Gasteiger partial charge in [-0.2, -0.15) is 4.31 Å². The Hall–Kier alpha value is -1.15. The first-order valence-electron chi connectivity index (χ1n) is 5.48. The topological polar surface area (TPSA) is 92.9 Å². The normalized spacial score (nSPS) is 11.9. The number of benzene rings is 1. The monoisotopic (exact) mass is 274 g/mol. The fraction of sp³-hybridized carbons (Fsp3) is 0.455. The highest BCUT2D eigenvalue weighted by Gasteiger charge is 2.23. The maximum absolute atomic E-state index is 12.3. The van der Waals surface area contributed by atoms with Crippen LogP contribution in [0.1, 0.15) is 0 Å². The van der Waals surface area contributed by atoms with Crippen LogP contribution < -0.4 is 5.73 Å². The Balaban J connectivity index is 2.96. The lowest BCUT2D eigenvalue weighted by atomic mass is 10.3. The molecular weight excluding hydrogens is 256 g/mol. The second-order valence-corrected chi connectivity index (χ2v) is 5.63. The molecule has 18 heavy (non-hydrogen) atoms. The van der Waals surface area contributed by atoms with Crippen molar-refractivity contribution in [3.63, 3.8) is 0 Å². The van der Waals surface area contributed by atoms with Crippen LogP contribution in [-0.2, 0) is 14.8 Å². The first-order chi connectivity index (χ1) is 8.52. The van der Waals surface area contributed by atoms with Crippen LogP contribution in [0.2, 0.25) is 0 Å². The highest BCUT2D eigenvalue weighted by molar-refractivity contribution is 7.89. The predicted molar refractivity (Wildman–Crippen MR) is 68.6 cm³/mol. The van der Waals surface area contributed by atoms with Crippen LogP contribution in [0.15, 0.2) is 29.2 Å². The third-order valence-electron chi connectivity index (χ3n) is 2.41. The third kappa shape index (κ3) is 3.67. The lowest BCUT2D eigenvalue weighted by molar-refractivity contribution is 0.168. The van der Waals surface area contributed by atoms with Crippen LogP contribution in [0.4, 0.5) is 5.69 Å². The molecule has 0 atom stereocenters. The molecule has 0 amide bonds. The Bertz CT molecular complexity index is 458. The fourth-order valence-electron chi connectivity index (χ4n) is 1.45. The molecule has 0 fully saturated rings. The van der Waals surface area contributed by atoms with Gasteiger partial charge < -0.3 is 15.6 Å². The van der Waals surface area contributed by atoms with E-state index in [-0.39, 0.29) is 31.2 Å². The number of nitrogens with two attached hydrogens (primary N) is 1. The van der Waals surface area contributed by atoms with Crippen LogP contribution in [0, 0.1) is 0 Å². The number of aliphatic hydroxyl groups is 1. The summed E-state index contributed by atoms with van der Waals surface area (Å²) >= 11 is 0. The molecule has 0 heterocycles. The molecule has 0 bridgehead atoms. The Labute approximate surface area is 107 Å². The molecule has 1 aromatic rings. The van der Waals surface area contributed by atoms with E-state index < -0.39 is 10.0 Å². The SMILES string of the molecule is COCCN(CCO)S(=O)(=O)c1ccc(N)cc1. The first-order valence-corrected chi connectivity index (χ1v) is 6.92. The van der Waals surface area contributed by atoms with Crippen LogP contribution in [-0.4, -0.2) is 51.2 Å². The number of methoxy groups -OCH3 is 1. The van der Waals surface area contributed by atoms with E-state index in [0.29, 0.717) is 5.69 Å². The number of anilines is 1. The van der Waals surface area contributed by atoms with Gasteiger partial charge in [0.2, 0.25) is 10.0 Å². The van der Waals surface area contributed by atoms with Crippen LogP contribution in [0.3, 0.4) is 0 Å². The minimum Gasteiger partial charge on any atom is -0.399 e. The summed E-state index contributed by atoms with van der Waals surface area (Å²) in [6.45, 7) is 0.270. The molecule has 0 aromatic heterocycles. The number of hydrogen-bond donors (Lipinski definition) is 2. The number of nitrogen functional groups attached to an aromatic ring is 1. The molecular formula is C11H18N2O4S. The van der Waals surface area contributed by atoms with E-state index in [0.717, 1.165) is 0 Å². The number of aliphatic hydroxyl groups excluding tert-OH is 1. The van der Waals surface area contributed by atoms with Crippen molar-refractivity contribution in [2.45, 2.75) is 4.90 Å². The van der Waals surface area contributed by atoms with Crippen molar-refractivity contribution in [2.24, 2.45) is 0 Å². The second kappa shape index (κ2) is 6.69. The second-order valence-electron chi connectivity index (χ2n) is 3.69. The maximum atomic E-state index is 12.3. The summed E-state index contributed by atoms with van der Waals surface area (Å²) in [5, 5.41) is 8.92.